The van der Waals surface area contributed by atoms with Crippen molar-refractivity contribution in [3.8, 4) is 11.3 Å². The standard InChI is InChI=1S/C17H23N3/c1-11-7-8-12(2)14(10-11)17-13(3)16(19-20(17)4)15-6-5-9-18-15/h7-8,10,15,18H,5-6,9H2,1-4H3. The van der Waals surface area contributed by atoms with E-state index < -0.39 is 0 Å². The highest BCUT2D eigenvalue weighted by molar-refractivity contribution is 5.68. The van der Waals surface area contributed by atoms with E-state index in [1.165, 1.54) is 46.5 Å². The van der Waals surface area contributed by atoms with Gasteiger partial charge in [-0.15, -0.1) is 0 Å². The van der Waals surface area contributed by atoms with Gasteiger partial charge in [-0.2, -0.15) is 5.10 Å². The Balaban J connectivity index is 2.12. The smallest absolute Gasteiger partial charge is 0.0829 e. The minimum Gasteiger partial charge on any atom is -0.309 e. The molecule has 106 valence electrons. The summed E-state index contributed by atoms with van der Waals surface area (Å²) in [6.07, 6.45) is 2.45. The van der Waals surface area contributed by atoms with Crippen LogP contribution in [0.15, 0.2) is 18.2 Å². The van der Waals surface area contributed by atoms with Crippen molar-refractivity contribution in [2.75, 3.05) is 6.54 Å². The van der Waals surface area contributed by atoms with E-state index in [2.05, 4.69) is 51.3 Å². The van der Waals surface area contributed by atoms with Gasteiger partial charge in [0.2, 0.25) is 0 Å². The van der Waals surface area contributed by atoms with E-state index in [0.717, 1.165) is 6.54 Å². The Labute approximate surface area is 121 Å². The summed E-state index contributed by atoms with van der Waals surface area (Å²) in [4.78, 5) is 0. The minimum absolute atomic E-state index is 0.431. The van der Waals surface area contributed by atoms with Crippen molar-refractivity contribution in [2.24, 2.45) is 7.05 Å². The second-order valence-electron chi connectivity index (χ2n) is 5.95. The molecule has 20 heavy (non-hydrogen) atoms. The molecule has 1 aromatic carbocycles. The van der Waals surface area contributed by atoms with Crippen LogP contribution in [0.5, 0.6) is 0 Å². The third-order valence-electron chi connectivity index (χ3n) is 4.36. The molecule has 1 fully saturated rings. The molecule has 0 spiro atoms. The summed E-state index contributed by atoms with van der Waals surface area (Å²) in [6.45, 7) is 7.64. The number of aromatic nitrogens is 2. The number of hydrogen-bond acceptors (Lipinski definition) is 2. The Kier molecular flexibility index (Phi) is 3.38. The molecule has 1 atom stereocenters. The van der Waals surface area contributed by atoms with Crippen LogP contribution in [-0.4, -0.2) is 16.3 Å². The Morgan fingerprint density at radius 3 is 2.75 bits per heavy atom. The lowest BCUT2D eigenvalue weighted by Gasteiger charge is -2.10. The highest BCUT2D eigenvalue weighted by atomic mass is 15.3. The van der Waals surface area contributed by atoms with E-state index in [0.29, 0.717) is 6.04 Å². The van der Waals surface area contributed by atoms with Gasteiger partial charge < -0.3 is 5.32 Å². The molecule has 1 saturated heterocycles. The third kappa shape index (κ3) is 2.16. The summed E-state index contributed by atoms with van der Waals surface area (Å²) in [5, 5.41) is 8.35. The van der Waals surface area contributed by atoms with Gasteiger partial charge in [0.25, 0.3) is 0 Å². The fraction of sp³-hybridized carbons (Fsp3) is 0.471. The Morgan fingerprint density at radius 2 is 2.05 bits per heavy atom. The lowest BCUT2D eigenvalue weighted by Crippen LogP contribution is -2.14. The molecular weight excluding hydrogens is 246 g/mol. The van der Waals surface area contributed by atoms with E-state index in [4.69, 9.17) is 5.10 Å². The fourth-order valence-electron chi connectivity index (χ4n) is 3.27. The second kappa shape index (κ2) is 5.06. The zero-order valence-electron chi connectivity index (χ0n) is 12.8. The molecule has 0 bridgehead atoms. The van der Waals surface area contributed by atoms with Gasteiger partial charge in [-0.05, 0) is 57.4 Å². The van der Waals surface area contributed by atoms with Crippen LogP contribution in [0.25, 0.3) is 11.3 Å². The molecule has 1 aromatic heterocycles. The third-order valence-corrected chi connectivity index (χ3v) is 4.36. The highest BCUT2D eigenvalue weighted by Gasteiger charge is 2.24. The van der Waals surface area contributed by atoms with Gasteiger partial charge in [0.1, 0.15) is 0 Å². The normalized spacial score (nSPS) is 18.7. The summed E-state index contributed by atoms with van der Waals surface area (Å²) in [5.74, 6) is 0. The second-order valence-corrected chi connectivity index (χ2v) is 5.95. The summed E-state index contributed by atoms with van der Waals surface area (Å²) in [5.41, 5.74) is 7.72. The summed E-state index contributed by atoms with van der Waals surface area (Å²) < 4.78 is 2.05. The summed E-state index contributed by atoms with van der Waals surface area (Å²) >= 11 is 0. The van der Waals surface area contributed by atoms with Crippen molar-refractivity contribution in [3.05, 3.63) is 40.6 Å². The molecule has 0 amide bonds. The lowest BCUT2D eigenvalue weighted by atomic mass is 9.98. The molecule has 0 saturated carbocycles. The first kappa shape index (κ1) is 13.4. The van der Waals surface area contributed by atoms with E-state index >= 15 is 0 Å². The largest absolute Gasteiger partial charge is 0.309 e. The van der Waals surface area contributed by atoms with Crippen molar-refractivity contribution in [3.63, 3.8) is 0 Å². The summed E-state index contributed by atoms with van der Waals surface area (Å²) in [7, 11) is 2.06. The van der Waals surface area contributed by atoms with Gasteiger partial charge in [0, 0.05) is 12.6 Å². The van der Waals surface area contributed by atoms with Crippen LogP contribution in [0.2, 0.25) is 0 Å². The topological polar surface area (TPSA) is 29.9 Å². The SMILES string of the molecule is Cc1ccc(C)c(-c2c(C)c(C3CCCN3)nn2C)c1. The van der Waals surface area contributed by atoms with Crippen LogP contribution in [0, 0.1) is 20.8 Å². The molecule has 3 nitrogen and oxygen atoms in total. The first-order chi connectivity index (χ1) is 9.58. The number of nitrogens with one attached hydrogen (secondary N) is 1. The average molecular weight is 269 g/mol. The molecular formula is C17H23N3. The minimum atomic E-state index is 0.431. The molecule has 0 aliphatic carbocycles. The molecule has 2 heterocycles. The average Bonchev–Trinajstić information content (AvgIpc) is 3.02. The van der Waals surface area contributed by atoms with Crippen molar-refractivity contribution in [1.82, 2.24) is 15.1 Å². The van der Waals surface area contributed by atoms with Crippen LogP contribution < -0.4 is 5.32 Å². The molecule has 1 unspecified atom stereocenters. The molecule has 3 heteroatoms. The van der Waals surface area contributed by atoms with Crippen molar-refractivity contribution >= 4 is 0 Å². The molecule has 1 aliphatic rings. The van der Waals surface area contributed by atoms with Crippen molar-refractivity contribution in [1.29, 1.82) is 0 Å². The zero-order valence-corrected chi connectivity index (χ0v) is 12.8. The van der Waals surface area contributed by atoms with E-state index in [1.54, 1.807) is 0 Å². The quantitative estimate of drug-likeness (QED) is 0.905. The first-order valence-corrected chi connectivity index (χ1v) is 7.42. The van der Waals surface area contributed by atoms with Gasteiger partial charge >= 0.3 is 0 Å². The van der Waals surface area contributed by atoms with Crippen molar-refractivity contribution in [2.45, 2.75) is 39.7 Å². The Bertz CT molecular complexity index is 634. The number of aryl methyl sites for hydroxylation is 3. The van der Waals surface area contributed by atoms with Crippen LogP contribution in [0.1, 0.15) is 41.3 Å². The number of rotatable bonds is 2. The van der Waals surface area contributed by atoms with Gasteiger partial charge in [0.15, 0.2) is 0 Å². The molecule has 1 N–H and O–H groups in total. The maximum atomic E-state index is 4.79. The fourth-order valence-corrected chi connectivity index (χ4v) is 3.27. The van der Waals surface area contributed by atoms with Gasteiger partial charge in [-0.3, -0.25) is 4.68 Å². The molecule has 3 rings (SSSR count). The van der Waals surface area contributed by atoms with Gasteiger partial charge in [-0.25, -0.2) is 0 Å². The molecule has 2 aromatic rings. The van der Waals surface area contributed by atoms with Crippen LogP contribution in [0.3, 0.4) is 0 Å². The van der Waals surface area contributed by atoms with E-state index in [9.17, 15) is 0 Å². The molecule has 1 aliphatic heterocycles. The number of benzene rings is 1. The predicted octanol–water partition coefficient (Wildman–Crippen LogP) is 3.44. The van der Waals surface area contributed by atoms with Crippen molar-refractivity contribution < 1.29 is 0 Å². The maximum absolute atomic E-state index is 4.79. The maximum Gasteiger partial charge on any atom is 0.0829 e. The molecule has 0 radical (unpaired) electrons. The van der Waals surface area contributed by atoms with E-state index in [-0.39, 0.29) is 0 Å². The first-order valence-electron chi connectivity index (χ1n) is 7.42. The highest BCUT2D eigenvalue weighted by Crippen LogP contribution is 2.33. The van der Waals surface area contributed by atoms with Gasteiger partial charge in [-0.1, -0.05) is 17.7 Å². The zero-order chi connectivity index (χ0) is 14.3. The predicted molar refractivity (Wildman–Crippen MR) is 82.8 cm³/mol. The van der Waals surface area contributed by atoms with Crippen LogP contribution >= 0.6 is 0 Å². The number of nitrogens with zero attached hydrogens (tertiary/aromatic N) is 2. The monoisotopic (exact) mass is 269 g/mol. The van der Waals surface area contributed by atoms with E-state index in [1.807, 2.05) is 4.68 Å². The van der Waals surface area contributed by atoms with Gasteiger partial charge in [0.05, 0.1) is 17.4 Å². The Morgan fingerprint density at radius 1 is 1.25 bits per heavy atom. The van der Waals surface area contributed by atoms with Crippen LogP contribution in [0.4, 0.5) is 0 Å². The lowest BCUT2D eigenvalue weighted by molar-refractivity contribution is 0.605. The number of hydrogen-bond donors (Lipinski definition) is 1. The summed E-state index contributed by atoms with van der Waals surface area (Å²) in [6, 6.07) is 7.07. The Hall–Kier alpha value is -1.61. The van der Waals surface area contributed by atoms with Crippen LogP contribution in [-0.2, 0) is 7.05 Å².